The molecular weight excluding hydrogens is 322 g/mol. The molecule has 1 aromatic carbocycles. The number of fused-ring (bicyclic) bond motifs is 1. The number of aromatic nitrogens is 1. The molecule has 1 aromatic heterocycles. The van der Waals surface area contributed by atoms with E-state index in [-0.39, 0.29) is 18.8 Å². The van der Waals surface area contributed by atoms with Gasteiger partial charge in [0.2, 0.25) is 18.6 Å². The summed E-state index contributed by atoms with van der Waals surface area (Å²) in [5, 5.41) is 8.88. The van der Waals surface area contributed by atoms with Gasteiger partial charge in [-0.3, -0.25) is 4.79 Å². The quantitative estimate of drug-likeness (QED) is 0.841. The summed E-state index contributed by atoms with van der Waals surface area (Å²) in [7, 11) is 0. The second-order valence-corrected chi connectivity index (χ2v) is 5.90. The molecule has 0 saturated carbocycles. The summed E-state index contributed by atoms with van der Waals surface area (Å²) in [6.45, 7) is 1.25. The monoisotopic (exact) mass is 337 g/mol. The highest BCUT2D eigenvalue weighted by Crippen LogP contribution is 2.32. The van der Waals surface area contributed by atoms with Crippen LogP contribution >= 0.6 is 0 Å². The summed E-state index contributed by atoms with van der Waals surface area (Å²) < 4.78 is 16.3. The summed E-state index contributed by atoms with van der Waals surface area (Å²) in [6, 6.07) is 10.8. The summed E-state index contributed by atoms with van der Waals surface area (Å²) in [5.41, 5.74) is 1.39. The molecule has 0 N–H and O–H groups in total. The van der Waals surface area contributed by atoms with Crippen LogP contribution in [0.4, 0.5) is 0 Å². The molecular formula is C18H15N3O4. The molecule has 0 aliphatic carbocycles. The van der Waals surface area contributed by atoms with E-state index in [4.69, 9.17) is 19.5 Å². The first-order valence-corrected chi connectivity index (χ1v) is 7.90. The van der Waals surface area contributed by atoms with Gasteiger partial charge in [-0.25, -0.2) is 4.98 Å². The topological polar surface area (TPSA) is 84.7 Å². The lowest BCUT2D eigenvalue weighted by Gasteiger charge is -2.38. The van der Waals surface area contributed by atoms with Gasteiger partial charge >= 0.3 is 0 Å². The van der Waals surface area contributed by atoms with Crippen molar-refractivity contribution in [3.8, 4) is 23.4 Å². The molecule has 0 atom stereocenters. The molecule has 0 bridgehead atoms. The number of rotatable bonds is 4. The largest absolute Gasteiger partial charge is 0.471 e. The Morgan fingerprint density at radius 3 is 2.96 bits per heavy atom. The fourth-order valence-electron chi connectivity index (χ4n) is 2.77. The van der Waals surface area contributed by atoms with E-state index >= 15 is 0 Å². The van der Waals surface area contributed by atoms with Gasteiger partial charge in [-0.2, -0.15) is 5.26 Å². The lowest BCUT2D eigenvalue weighted by molar-refractivity contribution is -0.139. The Balaban J connectivity index is 1.30. The van der Waals surface area contributed by atoms with E-state index in [1.54, 1.807) is 17.0 Å². The first kappa shape index (κ1) is 15.3. The van der Waals surface area contributed by atoms with Crippen LogP contribution < -0.4 is 14.2 Å². The van der Waals surface area contributed by atoms with Crippen molar-refractivity contribution >= 4 is 5.91 Å². The minimum absolute atomic E-state index is 0.0393. The van der Waals surface area contributed by atoms with Crippen molar-refractivity contribution in [1.82, 2.24) is 9.88 Å². The summed E-state index contributed by atoms with van der Waals surface area (Å²) in [5.74, 6) is 1.84. The molecule has 1 fully saturated rings. The first-order valence-electron chi connectivity index (χ1n) is 7.90. The predicted molar refractivity (Wildman–Crippen MR) is 86.2 cm³/mol. The first-order chi connectivity index (χ1) is 12.2. The van der Waals surface area contributed by atoms with E-state index in [1.165, 1.54) is 6.20 Å². The zero-order valence-corrected chi connectivity index (χ0v) is 13.3. The maximum absolute atomic E-state index is 12.3. The zero-order chi connectivity index (χ0) is 17.2. The van der Waals surface area contributed by atoms with E-state index < -0.39 is 0 Å². The van der Waals surface area contributed by atoms with Crippen LogP contribution in [0.25, 0.3) is 0 Å². The molecule has 126 valence electrons. The fraction of sp³-hybridized carbons (Fsp3) is 0.278. The van der Waals surface area contributed by atoms with E-state index in [1.807, 2.05) is 24.3 Å². The number of nitriles is 1. The molecule has 0 radical (unpaired) electrons. The lowest BCUT2D eigenvalue weighted by atomic mass is 10.1. The average Bonchev–Trinajstić information content (AvgIpc) is 3.05. The van der Waals surface area contributed by atoms with E-state index in [9.17, 15) is 4.79 Å². The van der Waals surface area contributed by atoms with Crippen LogP contribution in [0.1, 0.15) is 11.1 Å². The van der Waals surface area contributed by atoms with Gasteiger partial charge in [-0.1, -0.05) is 6.07 Å². The highest BCUT2D eigenvalue weighted by atomic mass is 16.7. The third-order valence-electron chi connectivity index (χ3n) is 4.14. The van der Waals surface area contributed by atoms with Crippen LogP contribution in [-0.2, 0) is 11.2 Å². The molecule has 2 aliphatic heterocycles. The third-order valence-corrected chi connectivity index (χ3v) is 4.14. The SMILES string of the molecule is N#Cc1ccnc(OC2CN(C(=O)Cc3ccc4c(c3)OCO4)C2)c1. The highest BCUT2D eigenvalue weighted by Gasteiger charge is 2.32. The minimum atomic E-state index is -0.0952. The third kappa shape index (κ3) is 3.19. The minimum Gasteiger partial charge on any atom is -0.471 e. The van der Waals surface area contributed by atoms with Gasteiger partial charge in [0, 0.05) is 12.3 Å². The van der Waals surface area contributed by atoms with Crippen molar-refractivity contribution in [2.24, 2.45) is 0 Å². The van der Waals surface area contributed by atoms with Gasteiger partial charge in [0.15, 0.2) is 11.5 Å². The molecule has 7 heteroatoms. The molecule has 25 heavy (non-hydrogen) atoms. The number of hydrogen-bond acceptors (Lipinski definition) is 6. The fourth-order valence-corrected chi connectivity index (χ4v) is 2.77. The van der Waals surface area contributed by atoms with Gasteiger partial charge in [0.25, 0.3) is 0 Å². The number of carbonyl (C=O) groups excluding carboxylic acids is 1. The summed E-state index contributed by atoms with van der Waals surface area (Å²) in [6.07, 6.45) is 1.75. The average molecular weight is 337 g/mol. The van der Waals surface area contributed by atoms with Crippen LogP contribution in [0, 0.1) is 11.3 Å². The normalized spacial score (nSPS) is 15.4. The maximum atomic E-state index is 12.3. The molecule has 1 amide bonds. The number of pyridine rings is 1. The van der Waals surface area contributed by atoms with Gasteiger partial charge in [-0.15, -0.1) is 0 Å². The molecule has 2 aliphatic rings. The maximum Gasteiger partial charge on any atom is 0.231 e. The van der Waals surface area contributed by atoms with Crippen LogP contribution in [-0.4, -0.2) is 41.8 Å². The highest BCUT2D eigenvalue weighted by molar-refractivity contribution is 5.80. The Kier molecular flexibility index (Phi) is 3.86. The van der Waals surface area contributed by atoms with Crippen LogP contribution in [0.2, 0.25) is 0 Å². The van der Waals surface area contributed by atoms with Crippen LogP contribution in [0.15, 0.2) is 36.5 Å². The predicted octanol–water partition coefficient (Wildman–Crippen LogP) is 1.51. The van der Waals surface area contributed by atoms with Gasteiger partial charge in [0.1, 0.15) is 6.10 Å². The number of amides is 1. The molecule has 2 aromatic rings. The Bertz CT molecular complexity index is 856. The Labute approximate surface area is 144 Å². The van der Waals surface area contributed by atoms with Crippen LogP contribution in [0.5, 0.6) is 17.4 Å². The van der Waals surface area contributed by atoms with Crippen molar-refractivity contribution in [2.45, 2.75) is 12.5 Å². The van der Waals surface area contributed by atoms with Crippen molar-refractivity contribution in [3.63, 3.8) is 0 Å². The standard InChI is InChI=1S/C18H15N3O4/c19-8-13-3-4-20-17(6-13)25-14-9-21(10-14)18(22)7-12-1-2-15-16(5-12)24-11-23-15/h1-6,14H,7,9-11H2. The molecule has 7 nitrogen and oxygen atoms in total. The Morgan fingerprint density at radius 2 is 2.12 bits per heavy atom. The molecule has 1 saturated heterocycles. The number of hydrogen-bond donors (Lipinski definition) is 0. The zero-order valence-electron chi connectivity index (χ0n) is 13.3. The smallest absolute Gasteiger partial charge is 0.231 e. The number of nitrogens with zero attached hydrogens (tertiary/aromatic N) is 3. The van der Waals surface area contributed by atoms with Gasteiger partial charge in [0.05, 0.1) is 31.1 Å². The summed E-state index contributed by atoms with van der Waals surface area (Å²) in [4.78, 5) is 18.1. The number of ether oxygens (including phenoxy) is 3. The molecule has 4 rings (SSSR count). The Morgan fingerprint density at radius 1 is 1.28 bits per heavy atom. The number of likely N-dealkylation sites (tertiary alicyclic amines) is 1. The van der Waals surface area contributed by atoms with Crippen molar-refractivity contribution < 1.29 is 19.0 Å². The second kappa shape index (κ2) is 6.32. The van der Waals surface area contributed by atoms with E-state index in [2.05, 4.69) is 4.98 Å². The molecule has 0 unspecified atom stereocenters. The van der Waals surface area contributed by atoms with Crippen molar-refractivity contribution in [1.29, 1.82) is 5.26 Å². The van der Waals surface area contributed by atoms with E-state index in [0.29, 0.717) is 42.5 Å². The Hall–Kier alpha value is -3.27. The summed E-state index contributed by atoms with van der Waals surface area (Å²) >= 11 is 0. The number of benzene rings is 1. The van der Waals surface area contributed by atoms with Crippen molar-refractivity contribution in [3.05, 3.63) is 47.7 Å². The molecule has 0 spiro atoms. The molecule has 3 heterocycles. The van der Waals surface area contributed by atoms with Crippen molar-refractivity contribution in [2.75, 3.05) is 19.9 Å². The van der Waals surface area contributed by atoms with Gasteiger partial charge < -0.3 is 19.1 Å². The number of carbonyl (C=O) groups is 1. The van der Waals surface area contributed by atoms with Gasteiger partial charge in [-0.05, 0) is 23.8 Å². The van der Waals surface area contributed by atoms with E-state index in [0.717, 1.165) is 5.56 Å². The second-order valence-electron chi connectivity index (χ2n) is 5.90. The lowest BCUT2D eigenvalue weighted by Crippen LogP contribution is -2.56. The van der Waals surface area contributed by atoms with Crippen LogP contribution in [0.3, 0.4) is 0 Å².